The van der Waals surface area contributed by atoms with Gasteiger partial charge in [-0.1, -0.05) is 61.7 Å². The molecule has 0 bridgehead atoms. The van der Waals surface area contributed by atoms with Gasteiger partial charge in [-0.3, -0.25) is 0 Å². The predicted octanol–water partition coefficient (Wildman–Crippen LogP) is 2.32. The Bertz CT molecular complexity index is 542. The normalized spacial score (nSPS) is 14.4. The van der Waals surface area contributed by atoms with E-state index in [9.17, 15) is 0 Å². The van der Waals surface area contributed by atoms with E-state index in [1.54, 1.807) is 0 Å². The SMILES string of the molecule is C=CC1=CC=c2ccccc2=C(C=C)C1. The average Bonchev–Trinajstić information content (AvgIpc) is 2.48. The highest BCUT2D eigenvalue weighted by atomic mass is 14.1. The molecule has 0 saturated carbocycles. The molecule has 0 aromatic heterocycles. The van der Waals surface area contributed by atoms with Gasteiger partial charge < -0.3 is 0 Å². The van der Waals surface area contributed by atoms with Crippen LogP contribution in [0.2, 0.25) is 0 Å². The van der Waals surface area contributed by atoms with Crippen LogP contribution >= 0.6 is 0 Å². The molecule has 0 N–H and O–H groups in total. The largest absolute Gasteiger partial charge is 0.0988 e. The fourth-order valence-electron chi connectivity index (χ4n) is 1.83. The van der Waals surface area contributed by atoms with E-state index < -0.39 is 0 Å². The Kier molecular flexibility index (Phi) is 2.68. The van der Waals surface area contributed by atoms with Crippen molar-refractivity contribution in [3.63, 3.8) is 0 Å². The van der Waals surface area contributed by atoms with Crippen LogP contribution in [0.25, 0.3) is 11.6 Å². The molecular formula is C15H14. The van der Waals surface area contributed by atoms with Crippen LogP contribution in [0.3, 0.4) is 0 Å². The molecular weight excluding hydrogens is 180 g/mol. The molecule has 0 heteroatoms. The zero-order valence-corrected chi connectivity index (χ0v) is 8.74. The molecule has 1 aliphatic carbocycles. The van der Waals surface area contributed by atoms with E-state index in [-0.39, 0.29) is 0 Å². The fourth-order valence-corrected chi connectivity index (χ4v) is 1.83. The first-order valence-corrected chi connectivity index (χ1v) is 5.09. The fraction of sp³-hybridized carbons (Fsp3) is 0.0667. The summed E-state index contributed by atoms with van der Waals surface area (Å²) in [5.41, 5.74) is 2.51. The molecule has 0 saturated heterocycles. The Morgan fingerprint density at radius 1 is 1.00 bits per heavy atom. The van der Waals surface area contributed by atoms with Crippen molar-refractivity contribution >= 4 is 11.6 Å². The molecule has 0 spiro atoms. The maximum Gasteiger partial charge on any atom is -0.00200 e. The van der Waals surface area contributed by atoms with E-state index in [4.69, 9.17) is 0 Å². The van der Waals surface area contributed by atoms with Crippen molar-refractivity contribution in [1.82, 2.24) is 0 Å². The van der Waals surface area contributed by atoms with Gasteiger partial charge in [0.05, 0.1) is 0 Å². The Hall–Kier alpha value is -1.82. The lowest BCUT2D eigenvalue weighted by Crippen LogP contribution is -2.25. The molecule has 0 fully saturated rings. The highest BCUT2D eigenvalue weighted by molar-refractivity contribution is 5.63. The summed E-state index contributed by atoms with van der Waals surface area (Å²) in [6.07, 6.45) is 9.03. The van der Waals surface area contributed by atoms with Crippen LogP contribution in [0.5, 0.6) is 0 Å². The van der Waals surface area contributed by atoms with Gasteiger partial charge >= 0.3 is 0 Å². The molecule has 0 amide bonds. The van der Waals surface area contributed by atoms with Crippen molar-refractivity contribution in [2.24, 2.45) is 0 Å². The third-order valence-corrected chi connectivity index (χ3v) is 2.69. The zero-order valence-electron chi connectivity index (χ0n) is 8.74. The molecule has 0 atom stereocenters. The molecule has 1 aromatic rings. The summed E-state index contributed by atoms with van der Waals surface area (Å²) in [5, 5.41) is 2.53. The molecule has 0 radical (unpaired) electrons. The first kappa shape index (κ1) is 9.72. The van der Waals surface area contributed by atoms with E-state index >= 15 is 0 Å². The monoisotopic (exact) mass is 194 g/mol. The Morgan fingerprint density at radius 3 is 2.53 bits per heavy atom. The summed E-state index contributed by atoms with van der Waals surface area (Å²) < 4.78 is 0. The van der Waals surface area contributed by atoms with Gasteiger partial charge in [-0.15, -0.1) is 0 Å². The predicted molar refractivity (Wildman–Crippen MR) is 66.7 cm³/mol. The summed E-state index contributed by atoms with van der Waals surface area (Å²) >= 11 is 0. The number of allylic oxidation sites excluding steroid dienone is 4. The Labute approximate surface area is 90.3 Å². The minimum Gasteiger partial charge on any atom is -0.0988 e. The smallest absolute Gasteiger partial charge is 0.00200 e. The molecule has 0 heterocycles. The highest BCUT2D eigenvalue weighted by Gasteiger charge is 2.01. The van der Waals surface area contributed by atoms with Crippen molar-refractivity contribution in [1.29, 1.82) is 0 Å². The van der Waals surface area contributed by atoms with Crippen LogP contribution in [0, 0.1) is 0 Å². The van der Waals surface area contributed by atoms with Gasteiger partial charge in [-0.05, 0) is 28.0 Å². The average molecular weight is 194 g/mol. The van der Waals surface area contributed by atoms with Crippen molar-refractivity contribution in [3.05, 3.63) is 71.7 Å². The second-order valence-corrected chi connectivity index (χ2v) is 3.61. The van der Waals surface area contributed by atoms with E-state index in [1.165, 1.54) is 21.6 Å². The van der Waals surface area contributed by atoms with Crippen LogP contribution < -0.4 is 10.4 Å². The lowest BCUT2D eigenvalue weighted by molar-refractivity contribution is 1.31. The number of hydrogen-bond donors (Lipinski definition) is 0. The van der Waals surface area contributed by atoms with Gasteiger partial charge in [0.1, 0.15) is 0 Å². The quantitative estimate of drug-likeness (QED) is 0.678. The van der Waals surface area contributed by atoms with Gasteiger partial charge in [0.15, 0.2) is 0 Å². The number of rotatable bonds is 2. The molecule has 1 aromatic carbocycles. The minimum atomic E-state index is 0.917. The van der Waals surface area contributed by atoms with Gasteiger partial charge in [0.2, 0.25) is 0 Å². The summed E-state index contributed by atoms with van der Waals surface area (Å²) in [6, 6.07) is 8.39. The van der Waals surface area contributed by atoms with E-state index in [2.05, 4.69) is 49.6 Å². The van der Waals surface area contributed by atoms with Crippen molar-refractivity contribution in [2.45, 2.75) is 6.42 Å². The first-order chi connectivity index (χ1) is 7.35. The van der Waals surface area contributed by atoms with Gasteiger partial charge in [0, 0.05) is 0 Å². The number of fused-ring (bicyclic) bond motifs is 1. The van der Waals surface area contributed by atoms with Crippen molar-refractivity contribution in [2.75, 3.05) is 0 Å². The molecule has 74 valence electrons. The van der Waals surface area contributed by atoms with Crippen molar-refractivity contribution < 1.29 is 0 Å². The van der Waals surface area contributed by atoms with E-state index in [1.807, 2.05) is 12.2 Å². The highest BCUT2D eigenvalue weighted by Crippen LogP contribution is 2.13. The van der Waals surface area contributed by atoms with Gasteiger partial charge in [-0.2, -0.15) is 0 Å². The van der Waals surface area contributed by atoms with E-state index in [0.717, 1.165) is 6.42 Å². The zero-order chi connectivity index (χ0) is 10.7. The topological polar surface area (TPSA) is 0 Å². The molecule has 1 aliphatic rings. The second-order valence-electron chi connectivity index (χ2n) is 3.61. The third-order valence-electron chi connectivity index (χ3n) is 2.69. The lowest BCUT2D eigenvalue weighted by Gasteiger charge is -2.01. The molecule has 0 aliphatic heterocycles. The summed E-state index contributed by atoms with van der Waals surface area (Å²) in [6.45, 7) is 7.70. The Morgan fingerprint density at radius 2 is 1.80 bits per heavy atom. The van der Waals surface area contributed by atoms with Gasteiger partial charge in [-0.25, -0.2) is 0 Å². The van der Waals surface area contributed by atoms with Crippen LogP contribution in [-0.2, 0) is 0 Å². The molecule has 15 heavy (non-hydrogen) atoms. The maximum absolute atomic E-state index is 3.88. The Balaban J connectivity index is 2.78. The van der Waals surface area contributed by atoms with Crippen LogP contribution in [-0.4, -0.2) is 0 Å². The second kappa shape index (κ2) is 4.14. The summed E-state index contributed by atoms with van der Waals surface area (Å²) in [4.78, 5) is 0. The lowest BCUT2D eigenvalue weighted by atomic mass is 10.0. The maximum atomic E-state index is 3.88. The standard InChI is InChI=1S/C15H14/c1-3-12-9-10-14-7-5-6-8-15(14)13(4-2)11-12/h3-10H,1-2,11H2. The molecule has 0 nitrogen and oxygen atoms in total. The van der Waals surface area contributed by atoms with E-state index in [0.29, 0.717) is 0 Å². The molecule has 0 unspecified atom stereocenters. The minimum absolute atomic E-state index is 0.917. The summed E-state index contributed by atoms with van der Waals surface area (Å²) in [5.74, 6) is 0. The number of hydrogen-bond acceptors (Lipinski definition) is 0. The third kappa shape index (κ3) is 1.84. The van der Waals surface area contributed by atoms with Crippen LogP contribution in [0.4, 0.5) is 0 Å². The first-order valence-electron chi connectivity index (χ1n) is 5.09. The van der Waals surface area contributed by atoms with Crippen LogP contribution in [0.15, 0.2) is 61.2 Å². The molecule has 2 rings (SSSR count). The number of benzene rings is 1. The van der Waals surface area contributed by atoms with Crippen LogP contribution in [0.1, 0.15) is 6.42 Å². The van der Waals surface area contributed by atoms with Crippen molar-refractivity contribution in [3.8, 4) is 0 Å². The van der Waals surface area contributed by atoms with Gasteiger partial charge in [0.25, 0.3) is 0 Å². The summed E-state index contributed by atoms with van der Waals surface area (Å²) in [7, 11) is 0.